The van der Waals surface area contributed by atoms with Crippen molar-refractivity contribution in [1.29, 1.82) is 0 Å². The molecule has 1 N–H and O–H groups in total. The summed E-state index contributed by atoms with van der Waals surface area (Å²) in [7, 11) is 0. The maximum Gasteiger partial charge on any atom is 0.408 e. The van der Waals surface area contributed by atoms with Crippen LogP contribution < -0.4 is 5.32 Å². The fourth-order valence-electron chi connectivity index (χ4n) is 1.21. The summed E-state index contributed by atoms with van der Waals surface area (Å²) < 4.78 is 5.07. The normalized spacial score (nSPS) is 15.3. The predicted octanol–water partition coefficient (Wildman–Crippen LogP) is 2.27. The molecule has 0 fully saturated rings. The Morgan fingerprint density at radius 1 is 1.33 bits per heavy atom. The van der Waals surface area contributed by atoms with Crippen molar-refractivity contribution in [3.05, 3.63) is 0 Å². The predicted molar refractivity (Wildman–Crippen MR) is 58.7 cm³/mol. The van der Waals surface area contributed by atoms with E-state index in [9.17, 15) is 9.59 Å². The van der Waals surface area contributed by atoms with E-state index in [1.807, 2.05) is 6.92 Å². The molecule has 1 amide bonds. The number of rotatable bonds is 4. The minimum Gasteiger partial charge on any atom is -0.444 e. The Labute approximate surface area is 91.4 Å². The van der Waals surface area contributed by atoms with E-state index in [0.29, 0.717) is 6.42 Å². The Hall–Kier alpha value is -1.06. The zero-order valence-corrected chi connectivity index (χ0v) is 10.2. The van der Waals surface area contributed by atoms with Gasteiger partial charge in [-0.25, -0.2) is 4.79 Å². The quantitative estimate of drug-likeness (QED) is 0.732. The van der Waals surface area contributed by atoms with Gasteiger partial charge in [0.25, 0.3) is 0 Å². The average molecular weight is 215 g/mol. The summed E-state index contributed by atoms with van der Waals surface area (Å²) in [5.41, 5.74) is -1.36. The second-order valence-electron chi connectivity index (χ2n) is 4.91. The molecule has 15 heavy (non-hydrogen) atoms. The molecule has 0 aromatic heterocycles. The summed E-state index contributed by atoms with van der Waals surface area (Å²) in [5, 5.41) is 2.57. The lowest BCUT2D eigenvalue weighted by atomic mass is 9.99. The van der Waals surface area contributed by atoms with Gasteiger partial charge >= 0.3 is 6.09 Å². The largest absolute Gasteiger partial charge is 0.444 e. The molecule has 0 saturated carbocycles. The van der Waals surface area contributed by atoms with Gasteiger partial charge in [0.05, 0.1) is 5.54 Å². The number of hydrogen-bond acceptors (Lipinski definition) is 3. The molecule has 4 nitrogen and oxygen atoms in total. The molecular formula is C11H21NO3. The lowest BCUT2D eigenvalue weighted by Crippen LogP contribution is -2.49. The number of nitrogens with one attached hydrogen (secondary N) is 1. The molecule has 0 aliphatic heterocycles. The highest BCUT2D eigenvalue weighted by molar-refractivity contribution is 5.76. The number of aldehydes is 1. The summed E-state index contributed by atoms with van der Waals surface area (Å²) in [4.78, 5) is 22.3. The van der Waals surface area contributed by atoms with Gasteiger partial charge in [-0.3, -0.25) is 0 Å². The number of alkyl carbamates (subject to hydrolysis) is 1. The van der Waals surface area contributed by atoms with E-state index < -0.39 is 17.2 Å². The van der Waals surface area contributed by atoms with Crippen LogP contribution in [0.15, 0.2) is 0 Å². The van der Waals surface area contributed by atoms with E-state index in [2.05, 4.69) is 5.32 Å². The lowest BCUT2D eigenvalue weighted by molar-refractivity contribution is -0.113. The van der Waals surface area contributed by atoms with Crippen LogP contribution >= 0.6 is 0 Å². The van der Waals surface area contributed by atoms with Crippen molar-refractivity contribution in [3.63, 3.8) is 0 Å². The average Bonchev–Trinajstić information content (AvgIpc) is 2.00. The van der Waals surface area contributed by atoms with Crippen molar-refractivity contribution in [2.45, 2.75) is 58.6 Å². The molecule has 0 rings (SSSR count). The Balaban J connectivity index is 4.31. The van der Waals surface area contributed by atoms with E-state index in [-0.39, 0.29) is 0 Å². The van der Waals surface area contributed by atoms with Crippen LogP contribution in [0.2, 0.25) is 0 Å². The smallest absolute Gasteiger partial charge is 0.408 e. The van der Waals surface area contributed by atoms with Crippen molar-refractivity contribution in [1.82, 2.24) is 5.32 Å². The molecule has 88 valence electrons. The van der Waals surface area contributed by atoms with Crippen LogP contribution in [0, 0.1) is 0 Å². The highest BCUT2D eigenvalue weighted by Gasteiger charge is 2.27. The number of carbonyl (C=O) groups is 2. The number of hydrogen-bond donors (Lipinski definition) is 1. The molecule has 0 spiro atoms. The summed E-state index contributed by atoms with van der Waals surface area (Å²) >= 11 is 0. The van der Waals surface area contributed by atoms with Gasteiger partial charge < -0.3 is 14.8 Å². The summed E-state index contributed by atoms with van der Waals surface area (Å²) in [6, 6.07) is 0. The Morgan fingerprint density at radius 3 is 2.20 bits per heavy atom. The van der Waals surface area contributed by atoms with E-state index in [0.717, 1.165) is 12.7 Å². The van der Waals surface area contributed by atoms with Crippen molar-refractivity contribution >= 4 is 12.4 Å². The zero-order chi connectivity index (χ0) is 12.1. The fraction of sp³-hybridized carbons (Fsp3) is 0.818. The topological polar surface area (TPSA) is 55.4 Å². The van der Waals surface area contributed by atoms with Crippen LogP contribution in [-0.4, -0.2) is 23.5 Å². The standard InChI is InChI=1S/C11H21NO3/c1-6-7-11(5,8-13)12-9(14)15-10(2,3)4/h8H,6-7H2,1-5H3,(H,12,14)/t11-/m1/s1. The third-order valence-electron chi connectivity index (χ3n) is 1.82. The van der Waals surface area contributed by atoms with Crippen LogP contribution in [0.3, 0.4) is 0 Å². The molecule has 0 aliphatic carbocycles. The Morgan fingerprint density at radius 2 is 1.87 bits per heavy atom. The first kappa shape index (κ1) is 13.9. The Bertz CT molecular complexity index is 232. The summed E-state index contributed by atoms with van der Waals surface area (Å²) in [5.74, 6) is 0. The van der Waals surface area contributed by atoms with Gasteiger partial charge in [-0.15, -0.1) is 0 Å². The van der Waals surface area contributed by atoms with Gasteiger partial charge in [0, 0.05) is 0 Å². The van der Waals surface area contributed by atoms with Crippen LogP contribution in [0.25, 0.3) is 0 Å². The van der Waals surface area contributed by atoms with Crippen molar-refractivity contribution in [2.75, 3.05) is 0 Å². The van der Waals surface area contributed by atoms with Gasteiger partial charge in [0.15, 0.2) is 0 Å². The van der Waals surface area contributed by atoms with Gasteiger partial charge in [0.1, 0.15) is 11.9 Å². The highest BCUT2D eigenvalue weighted by atomic mass is 16.6. The van der Waals surface area contributed by atoms with Crippen LogP contribution in [0.4, 0.5) is 4.79 Å². The number of amides is 1. The maximum absolute atomic E-state index is 11.4. The third kappa shape index (κ3) is 6.10. The van der Waals surface area contributed by atoms with Crippen LogP contribution in [0.1, 0.15) is 47.5 Å². The first-order valence-electron chi connectivity index (χ1n) is 5.20. The second-order valence-corrected chi connectivity index (χ2v) is 4.91. The van der Waals surface area contributed by atoms with Crippen LogP contribution in [0.5, 0.6) is 0 Å². The summed E-state index contributed by atoms with van der Waals surface area (Å²) in [6.45, 7) is 8.99. The second kappa shape index (κ2) is 5.14. The lowest BCUT2D eigenvalue weighted by Gasteiger charge is -2.27. The third-order valence-corrected chi connectivity index (χ3v) is 1.82. The Kier molecular flexibility index (Phi) is 4.78. The van der Waals surface area contributed by atoms with Gasteiger partial charge in [-0.2, -0.15) is 0 Å². The minimum absolute atomic E-state index is 0.542. The first-order chi connectivity index (χ1) is 6.72. The van der Waals surface area contributed by atoms with Crippen molar-refractivity contribution in [2.24, 2.45) is 0 Å². The molecule has 0 aromatic rings. The molecule has 0 aromatic carbocycles. The van der Waals surface area contributed by atoms with Gasteiger partial charge in [-0.1, -0.05) is 13.3 Å². The molecule has 4 heteroatoms. The monoisotopic (exact) mass is 215 g/mol. The van der Waals surface area contributed by atoms with E-state index in [1.54, 1.807) is 27.7 Å². The maximum atomic E-state index is 11.4. The molecule has 0 unspecified atom stereocenters. The number of ether oxygens (including phenoxy) is 1. The molecular weight excluding hydrogens is 194 g/mol. The SMILES string of the molecule is CCC[C@](C)(C=O)NC(=O)OC(C)(C)C. The molecule has 0 heterocycles. The molecule has 0 radical (unpaired) electrons. The molecule has 0 bridgehead atoms. The minimum atomic E-state index is -0.822. The van der Waals surface area contributed by atoms with Gasteiger partial charge in [-0.05, 0) is 34.1 Å². The van der Waals surface area contributed by atoms with E-state index in [1.165, 1.54) is 0 Å². The van der Waals surface area contributed by atoms with E-state index in [4.69, 9.17) is 4.74 Å². The first-order valence-corrected chi connectivity index (χ1v) is 5.20. The van der Waals surface area contributed by atoms with Gasteiger partial charge in [0.2, 0.25) is 0 Å². The summed E-state index contributed by atoms with van der Waals surface area (Å²) in [6.07, 6.45) is 1.63. The van der Waals surface area contributed by atoms with Crippen molar-refractivity contribution in [3.8, 4) is 0 Å². The van der Waals surface area contributed by atoms with Crippen LogP contribution in [-0.2, 0) is 9.53 Å². The number of carbonyl (C=O) groups excluding carboxylic acids is 2. The van der Waals surface area contributed by atoms with Crippen molar-refractivity contribution < 1.29 is 14.3 Å². The molecule has 1 atom stereocenters. The molecule has 0 aliphatic rings. The zero-order valence-electron chi connectivity index (χ0n) is 10.2. The molecule has 0 saturated heterocycles. The van der Waals surface area contributed by atoms with E-state index >= 15 is 0 Å². The fourth-order valence-corrected chi connectivity index (χ4v) is 1.21. The highest BCUT2D eigenvalue weighted by Crippen LogP contribution is 2.12.